The lowest BCUT2D eigenvalue weighted by Crippen LogP contribution is -1.96. The van der Waals surface area contributed by atoms with E-state index in [-0.39, 0.29) is 0 Å². The highest BCUT2D eigenvalue weighted by Gasteiger charge is 2.02. The minimum absolute atomic E-state index is 0.900. The monoisotopic (exact) mass is 264 g/mol. The zero-order chi connectivity index (χ0) is 14.3. The van der Waals surface area contributed by atoms with E-state index < -0.39 is 0 Å². The van der Waals surface area contributed by atoms with Crippen LogP contribution in [0.3, 0.4) is 0 Å². The average molecular weight is 264 g/mol. The van der Waals surface area contributed by atoms with Crippen LogP contribution in [-0.2, 0) is 0 Å². The van der Waals surface area contributed by atoms with Crippen LogP contribution in [0.4, 0.5) is 0 Å². The van der Waals surface area contributed by atoms with Crippen molar-refractivity contribution in [1.82, 2.24) is 0 Å². The van der Waals surface area contributed by atoms with Crippen LogP contribution in [0.25, 0.3) is 0 Å². The molecule has 0 rings (SSSR count). The van der Waals surface area contributed by atoms with Gasteiger partial charge in [-0.15, -0.1) is 5.73 Å². The summed E-state index contributed by atoms with van der Waals surface area (Å²) in [4.78, 5) is 0. The molecule has 0 saturated heterocycles. The Kier molecular flexibility index (Phi) is 13.6. The van der Waals surface area contributed by atoms with Gasteiger partial charge in [0, 0.05) is 0 Å². The number of hydrogen-bond donors (Lipinski definition) is 0. The molecule has 0 fully saturated rings. The molecule has 0 aliphatic carbocycles. The van der Waals surface area contributed by atoms with E-state index in [4.69, 9.17) is 0 Å². The summed E-state index contributed by atoms with van der Waals surface area (Å²) in [6, 6.07) is 0. The SMILES string of the molecule is C=C=CCCCC(C)CCCCCCC(C)CCC. The van der Waals surface area contributed by atoms with Crippen LogP contribution in [0.5, 0.6) is 0 Å². The van der Waals surface area contributed by atoms with Crippen molar-refractivity contribution in [2.45, 2.75) is 91.4 Å². The first-order chi connectivity index (χ1) is 9.20. The van der Waals surface area contributed by atoms with E-state index in [1.807, 2.05) is 0 Å². The van der Waals surface area contributed by atoms with E-state index in [0.717, 1.165) is 18.3 Å². The van der Waals surface area contributed by atoms with Gasteiger partial charge < -0.3 is 0 Å². The topological polar surface area (TPSA) is 0 Å². The van der Waals surface area contributed by atoms with Crippen molar-refractivity contribution in [2.24, 2.45) is 11.8 Å². The summed E-state index contributed by atoms with van der Waals surface area (Å²) in [6.45, 7) is 10.7. The molecular formula is C19H36. The van der Waals surface area contributed by atoms with E-state index in [1.165, 1.54) is 64.2 Å². The van der Waals surface area contributed by atoms with Crippen LogP contribution in [0.2, 0.25) is 0 Å². The van der Waals surface area contributed by atoms with Gasteiger partial charge in [0.05, 0.1) is 0 Å². The van der Waals surface area contributed by atoms with Crippen molar-refractivity contribution in [3.63, 3.8) is 0 Å². The van der Waals surface area contributed by atoms with Crippen LogP contribution in [0, 0.1) is 11.8 Å². The number of hydrogen-bond acceptors (Lipinski definition) is 0. The molecule has 0 aliphatic rings. The van der Waals surface area contributed by atoms with E-state index in [9.17, 15) is 0 Å². The Morgan fingerprint density at radius 1 is 0.842 bits per heavy atom. The zero-order valence-corrected chi connectivity index (χ0v) is 13.7. The molecule has 0 radical (unpaired) electrons. The third-order valence-corrected chi connectivity index (χ3v) is 4.12. The number of unbranched alkanes of at least 4 members (excludes halogenated alkanes) is 4. The van der Waals surface area contributed by atoms with Crippen molar-refractivity contribution >= 4 is 0 Å². The summed E-state index contributed by atoms with van der Waals surface area (Å²) in [6.07, 6.45) is 17.3. The lowest BCUT2D eigenvalue weighted by atomic mass is 9.95. The Bertz CT molecular complexity index is 222. The summed E-state index contributed by atoms with van der Waals surface area (Å²) in [5.41, 5.74) is 2.85. The van der Waals surface area contributed by atoms with Gasteiger partial charge in [-0.05, 0) is 30.8 Å². The molecule has 19 heavy (non-hydrogen) atoms. The quantitative estimate of drug-likeness (QED) is 0.250. The molecule has 0 nitrogen and oxygen atoms in total. The van der Waals surface area contributed by atoms with Crippen molar-refractivity contribution in [3.05, 3.63) is 18.4 Å². The standard InChI is InChI=1S/C19H36/c1-5-7-8-11-16-19(4)17-13-10-9-12-15-18(3)14-6-2/h7,18-19H,1,6,8-17H2,2-4H3. The smallest absolute Gasteiger partial charge is 0.0274 e. The Balaban J connectivity index is 3.26. The highest BCUT2D eigenvalue weighted by Crippen LogP contribution is 2.19. The molecule has 0 aromatic rings. The second-order valence-corrected chi connectivity index (χ2v) is 6.33. The Morgan fingerprint density at radius 2 is 1.37 bits per heavy atom. The number of rotatable bonds is 13. The maximum Gasteiger partial charge on any atom is -0.0274 e. The molecule has 0 heterocycles. The Hall–Kier alpha value is -0.480. The van der Waals surface area contributed by atoms with Crippen LogP contribution in [0.15, 0.2) is 18.4 Å². The highest BCUT2D eigenvalue weighted by atomic mass is 14.1. The van der Waals surface area contributed by atoms with Gasteiger partial charge in [-0.25, -0.2) is 0 Å². The molecular weight excluding hydrogens is 228 g/mol. The fraction of sp³-hybridized carbons (Fsp3) is 0.842. The van der Waals surface area contributed by atoms with Gasteiger partial charge in [0.2, 0.25) is 0 Å². The van der Waals surface area contributed by atoms with Gasteiger partial charge >= 0.3 is 0 Å². The molecule has 0 amide bonds. The van der Waals surface area contributed by atoms with Crippen molar-refractivity contribution < 1.29 is 0 Å². The van der Waals surface area contributed by atoms with Gasteiger partial charge in [-0.3, -0.25) is 0 Å². The Labute approximate surface area is 122 Å². The maximum atomic E-state index is 3.60. The molecule has 112 valence electrons. The van der Waals surface area contributed by atoms with Crippen molar-refractivity contribution in [3.8, 4) is 0 Å². The highest BCUT2D eigenvalue weighted by molar-refractivity contribution is 4.75. The molecule has 0 aliphatic heterocycles. The van der Waals surface area contributed by atoms with Crippen molar-refractivity contribution in [1.29, 1.82) is 0 Å². The molecule has 0 N–H and O–H groups in total. The first-order valence-electron chi connectivity index (χ1n) is 8.55. The molecule has 0 heteroatoms. The third-order valence-electron chi connectivity index (χ3n) is 4.12. The molecule has 0 spiro atoms. The minimum atomic E-state index is 0.900. The fourth-order valence-corrected chi connectivity index (χ4v) is 2.79. The lowest BCUT2D eigenvalue weighted by molar-refractivity contribution is 0.426. The Morgan fingerprint density at radius 3 is 1.89 bits per heavy atom. The second kappa shape index (κ2) is 13.9. The predicted octanol–water partition coefficient (Wildman–Crippen LogP) is 6.91. The van der Waals surface area contributed by atoms with Gasteiger partial charge in [-0.1, -0.05) is 85.1 Å². The first kappa shape index (κ1) is 18.5. The van der Waals surface area contributed by atoms with E-state index in [0.29, 0.717) is 0 Å². The van der Waals surface area contributed by atoms with E-state index in [2.05, 4.69) is 39.2 Å². The summed E-state index contributed by atoms with van der Waals surface area (Å²) in [7, 11) is 0. The number of allylic oxidation sites excluding steroid dienone is 1. The second-order valence-electron chi connectivity index (χ2n) is 6.33. The molecule has 2 unspecified atom stereocenters. The van der Waals surface area contributed by atoms with Gasteiger partial charge in [0.1, 0.15) is 0 Å². The lowest BCUT2D eigenvalue weighted by Gasteiger charge is -2.11. The minimum Gasteiger partial charge on any atom is -0.133 e. The van der Waals surface area contributed by atoms with Gasteiger partial charge in [0.25, 0.3) is 0 Å². The van der Waals surface area contributed by atoms with Crippen LogP contribution >= 0.6 is 0 Å². The largest absolute Gasteiger partial charge is 0.133 e. The predicted molar refractivity (Wildman–Crippen MR) is 88.5 cm³/mol. The summed E-state index contributed by atoms with van der Waals surface area (Å²) in [5.74, 6) is 1.85. The van der Waals surface area contributed by atoms with Crippen LogP contribution < -0.4 is 0 Å². The average Bonchev–Trinajstić information content (AvgIpc) is 2.39. The summed E-state index contributed by atoms with van der Waals surface area (Å²) in [5, 5.41) is 0. The summed E-state index contributed by atoms with van der Waals surface area (Å²) < 4.78 is 0. The molecule has 0 aromatic heterocycles. The molecule has 0 aromatic carbocycles. The third kappa shape index (κ3) is 13.7. The summed E-state index contributed by atoms with van der Waals surface area (Å²) >= 11 is 0. The maximum absolute atomic E-state index is 3.60. The van der Waals surface area contributed by atoms with E-state index in [1.54, 1.807) is 0 Å². The fourth-order valence-electron chi connectivity index (χ4n) is 2.79. The normalized spacial score (nSPS) is 13.8. The van der Waals surface area contributed by atoms with Crippen LogP contribution in [-0.4, -0.2) is 0 Å². The van der Waals surface area contributed by atoms with E-state index >= 15 is 0 Å². The molecule has 2 atom stereocenters. The molecule has 0 saturated carbocycles. The zero-order valence-electron chi connectivity index (χ0n) is 13.7. The first-order valence-corrected chi connectivity index (χ1v) is 8.55. The van der Waals surface area contributed by atoms with Gasteiger partial charge in [0.15, 0.2) is 0 Å². The van der Waals surface area contributed by atoms with Gasteiger partial charge in [-0.2, -0.15) is 0 Å². The van der Waals surface area contributed by atoms with Crippen LogP contribution in [0.1, 0.15) is 91.4 Å². The molecule has 0 bridgehead atoms. The van der Waals surface area contributed by atoms with Crippen molar-refractivity contribution in [2.75, 3.05) is 0 Å².